The third-order valence-electron chi connectivity index (χ3n) is 7.20. The molecule has 0 saturated carbocycles. The number of anilines is 1. The molecule has 0 aliphatic carbocycles. The van der Waals surface area contributed by atoms with Crippen LogP contribution in [-0.2, 0) is 17.7 Å². The van der Waals surface area contributed by atoms with Gasteiger partial charge in [0.05, 0.1) is 22.9 Å². The van der Waals surface area contributed by atoms with Crippen molar-refractivity contribution in [1.82, 2.24) is 13.9 Å². The van der Waals surface area contributed by atoms with E-state index in [-0.39, 0.29) is 35.0 Å². The Morgan fingerprint density at radius 2 is 2.05 bits per heavy atom. The number of ether oxygens (including phenoxy) is 1. The molecule has 3 aromatic rings. The van der Waals surface area contributed by atoms with Crippen LogP contribution in [0.5, 0.6) is 11.5 Å². The van der Waals surface area contributed by atoms with Gasteiger partial charge in [0.15, 0.2) is 22.7 Å². The fraction of sp³-hybridized carbons (Fsp3) is 0.407. The third kappa shape index (κ3) is 6.65. The van der Waals surface area contributed by atoms with Crippen molar-refractivity contribution in [3.63, 3.8) is 0 Å². The summed E-state index contributed by atoms with van der Waals surface area (Å²) in [7, 11) is 1.65. The minimum Gasteiger partial charge on any atom is -0.453 e. The summed E-state index contributed by atoms with van der Waals surface area (Å²) in [4.78, 5) is 17.6. The maximum absolute atomic E-state index is 14.8. The first-order chi connectivity index (χ1) is 18.8. The van der Waals surface area contributed by atoms with E-state index in [2.05, 4.69) is 15.7 Å². The molecule has 1 unspecified atom stereocenters. The topological polar surface area (TPSA) is 124 Å². The first kappa shape index (κ1) is 28.3. The van der Waals surface area contributed by atoms with Crippen LogP contribution in [0.25, 0.3) is 10.9 Å². The molecule has 39 heavy (non-hydrogen) atoms. The van der Waals surface area contributed by atoms with Crippen molar-refractivity contribution in [3.8, 4) is 23.5 Å². The largest absolute Gasteiger partial charge is 0.453 e. The van der Waals surface area contributed by atoms with Crippen molar-refractivity contribution in [3.05, 3.63) is 58.4 Å². The lowest BCUT2D eigenvalue weighted by Gasteiger charge is -2.23. The molecule has 1 aromatic heterocycles. The molecule has 1 fully saturated rings. The Labute approximate surface area is 230 Å². The number of nitrogens with one attached hydrogen (secondary N) is 1. The number of halogens is 1. The molecule has 4 rings (SSSR count). The van der Waals surface area contributed by atoms with Gasteiger partial charge in [-0.15, -0.1) is 0 Å². The van der Waals surface area contributed by atoms with Crippen LogP contribution >= 0.6 is 0 Å². The fourth-order valence-electron chi connectivity index (χ4n) is 4.75. The smallest absolute Gasteiger partial charge is 0.267 e. The first-order valence-electron chi connectivity index (χ1n) is 13.0. The first-order valence-corrected chi connectivity index (χ1v) is 14.1. The van der Waals surface area contributed by atoms with E-state index in [4.69, 9.17) is 10.00 Å². The Morgan fingerprint density at radius 1 is 1.28 bits per heavy atom. The van der Waals surface area contributed by atoms with Gasteiger partial charge in [-0.3, -0.25) is 14.1 Å². The van der Waals surface area contributed by atoms with Gasteiger partial charge in [0.2, 0.25) is 0 Å². The average molecular weight is 548 g/mol. The Hall–Kier alpha value is -3.74. The molecule has 1 aliphatic heterocycles. The van der Waals surface area contributed by atoms with Crippen LogP contribution in [0.15, 0.2) is 41.5 Å². The van der Waals surface area contributed by atoms with Gasteiger partial charge >= 0.3 is 0 Å². The van der Waals surface area contributed by atoms with Crippen molar-refractivity contribution in [2.75, 3.05) is 18.3 Å². The number of hydrogen-bond donors (Lipinski definition) is 1. The van der Waals surface area contributed by atoms with Crippen LogP contribution in [-0.4, -0.2) is 38.4 Å². The molecular weight excluding hydrogens is 518 g/mol. The van der Waals surface area contributed by atoms with Crippen LogP contribution in [0, 0.1) is 34.3 Å². The summed E-state index contributed by atoms with van der Waals surface area (Å²) in [5.74, 6) is 2.02. The second-order valence-electron chi connectivity index (χ2n) is 9.72. The summed E-state index contributed by atoms with van der Waals surface area (Å²) >= 11 is -1.63. The van der Waals surface area contributed by atoms with Gasteiger partial charge in [-0.05, 0) is 49.1 Å². The number of nitrogens with zero attached hydrogens (tertiary/aromatic N) is 5. The van der Waals surface area contributed by atoms with Crippen molar-refractivity contribution in [1.29, 1.82) is 10.5 Å². The second kappa shape index (κ2) is 12.9. The Morgan fingerprint density at radius 3 is 2.74 bits per heavy atom. The van der Waals surface area contributed by atoms with Crippen molar-refractivity contribution in [2.24, 2.45) is 5.92 Å². The third-order valence-corrected chi connectivity index (χ3v) is 8.42. The highest BCUT2D eigenvalue weighted by atomic mass is 32.2. The van der Waals surface area contributed by atoms with Crippen molar-refractivity contribution < 1.29 is 13.3 Å². The lowest BCUT2D eigenvalue weighted by Crippen LogP contribution is -2.26. The summed E-state index contributed by atoms with van der Waals surface area (Å²) in [6, 6.07) is 9.05. The van der Waals surface area contributed by atoms with Crippen molar-refractivity contribution >= 4 is 34.5 Å². The van der Waals surface area contributed by atoms with Gasteiger partial charge < -0.3 is 4.74 Å². The molecule has 1 aliphatic rings. The maximum Gasteiger partial charge on any atom is 0.267 e. The molecule has 12 heteroatoms. The zero-order chi connectivity index (χ0) is 27.9. The summed E-state index contributed by atoms with van der Waals surface area (Å²) in [5, 5.41) is 19.1. The number of aryl methyl sites for hydroxylation is 1. The Kier molecular flexibility index (Phi) is 9.34. The van der Waals surface area contributed by atoms with E-state index in [1.807, 2.05) is 13.0 Å². The summed E-state index contributed by atoms with van der Waals surface area (Å²) in [6.07, 6.45) is 7.35. The lowest BCUT2D eigenvalue weighted by atomic mass is 9.41. The monoisotopic (exact) mass is 548 g/mol. The Bertz CT molecular complexity index is 1510. The lowest BCUT2D eigenvalue weighted by molar-refractivity contribution is 0.408. The van der Waals surface area contributed by atoms with Gasteiger partial charge in [0.25, 0.3) is 12.3 Å². The molecule has 2 heterocycles. The summed E-state index contributed by atoms with van der Waals surface area (Å²) in [5.41, 5.74) is 0.277. The summed E-state index contributed by atoms with van der Waals surface area (Å²) in [6.45, 7) is 3.02. The molecule has 1 saturated heterocycles. The van der Waals surface area contributed by atoms with Crippen LogP contribution in [0.4, 0.5) is 10.1 Å². The molecule has 9 nitrogen and oxygen atoms in total. The predicted molar refractivity (Wildman–Crippen MR) is 150 cm³/mol. The zero-order valence-electron chi connectivity index (χ0n) is 22.0. The molecular formula is C27H30BFN6O3S. The van der Waals surface area contributed by atoms with Gasteiger partial charge in [0, 0.05) is 26.1 Å². The maximum atomic E-state index is 14.8. The number of nitriles is 2. The van der Waals surface area contributed by atoms with Gasteiger partial charge in [0.1, 0.15) is 17.4 Å². The number of rotatable bonds is 10. The average Bonchev–Trinajstić information content (AvgIpc) is 2.96. The quantitative estimate of drug-likeness (QED) is 0.360. The second-order valence-corrected chi connectivity index (χ2v) is 11.0. The number of benzene rings is 2. The highest BCUT2D eigenvalue weighted by molar-refractivity contribution is 7.84. The standard InChI is InChI=1S/C27H30BFN6O3S/c1-3-34(2)39(37)33-25-9-7-23(29)26(22(25)16-30)38-20-6-8-24-21(15-20)27(36)35(18-32-24)14-4-5-19-10-12-28(17-31)13-11-19/h6-9,15,18-19,33H,3-5,10-14H2,1-2H3. The van der Waals surface area contributed by atoms with E-state index in [1.165, 1.54) is 22.8 Å². The van der Waals surface area contributed by atoms with E-state index in [9.17, 15) is 18.7 Å². The minimum absolute atomic E-state index is 0.139. The van der Waals surface area contributed by atoms with Gasteiger partial charge in [-0.2, -0.15) is 5.26 Å². The molecule has 2 aromatic carbocycles. The van der Waals surface area contributed by atoms with E-state index in [1.54, 1.807) is 23.7 Å². The van der Waals surface area contributed by atoms with E-state index in [0.717, 1.165) is 44.4 Å². The molecule has 0 radical (unpaired) electrons. The van der Waals surface area contributed by atoms with Crippen LogP contribution in [0.2, 0.25) is 12.6 Å². The highest BCUT2D eigenvalue weighted by Gasteiger charge is 2.24. The van der Waals surface area contributed by atoms with Gasteiger partial charge in [-0.25, -0.2) is 23.2 Å². The molecule has 0 spiro atoms. The van der Waals surface area contributed by atoms with E-state index >= 15 is 0 Å². The van der Waals surface area contributed by atoms with E-state index in [0.29, 0.717) is 29.9 Å². The number of aromatic nitrogens is 2. The Balaban J connectivity index is 1.52. The fourth-order valence-corrected chi connectivity index (χ4v) is 5.50. The van der Waals surface area contributed by atoms with E-state index < -0.39 is 17.0 Å². The predicted octanol–water partition coefficient (Wildman–Crippen LogP) is 4.89. The number of hydrogen-bond acceptors (Lipinski definition) is 6. The molecule has 1 N–H and O–H groups in total. The molecule has 1 atom stereocenters. The molecule has 0 amide bonds. The zero-order valence-corrected chi connectivity index (χ0v) is 22.8. The van der Waals surface area contributed by atoms with Crippen LogP contribution < -0.4 is 15.0 Å². The number of fused-ring (bicyclic) bond motifs is 1. The molecule has 0 bridgehead atoms. The van der Waals surface area contributed by atoms with Crippen molar-refractivity contribution in [2.45, 2.75) is 51.8 Å². The normalized spacial score (nSPS) is 14.7. The van der Waals surface area contributed by atoms with Crippen LogP contribution in [0.3, 0.4) is 0 Å². The van der Waals surface area contributed by atoms with Gasteiger partial charge in [-0.1, -0.05) is 32.4 Å². The molecule has 202 valence electrons. The SMILES string of the molecule is CCN(C)S(=O)Nc1ccc(F)c(Oc2ccc3ncn(CCCC4CCB(C#N)CC4)c(=O)c3c2)c1C#N. The van der Waals surface area contributed by atoms with Crippen LogP contribution in [0.1, 0.15) is 38.2 Å². The minimum atomic E-state index is -1.63. The highest BCUT2D eigenvalue weighted by Crippen LogP contribution is 2.34. The summed E-state index contributed by atoms with van der Waals surface area (Å²) < 4.78 is 38.7.